The first-order chi connectivity index (χ1) is 36.4. The van der Waals surface area contributed by atoms with Crippen molar-refractivity contribution in [2.75, 3.05) is 26.2 Å². The molecule has 4 aromatic carbocycles. The lowest BCUT2D eigenvalue weighted by molar-refractivity contribution is 0.0586. The van der Waals surface area contributed by atoms with Crippen molar-refractivity contribution >= 4 is 122 Å². The maximum Gasteiger partial charge on any atom is 0.262 e. The van der Waals surface area contributed by atoms with E-state index in [4.69, 9.17) is 0 Å². The predicted octanol–water partition coefficient (Wildman–Crippen LogP) is 14.5. The SMILES string of the molecule is CCCCCCN1C(=O)c2ccc3c4c(c(-c5cc6sc7cc(-c8cc9c%10c(ccc%11c%10c8C(=O)N(CCCCCC)C%11=O)C(=O)N(CCCCCC)C9=O)sc7c6s5)cc(c24)C1=O)C(=O)N(CCCCCC)C3=O. The number of carbonyl (C=O) groups is 8. The molecule has 386 valence electrons. The van der Waals surface area contributed by atoms with Gasteiger partial charge in [-0.25, -0.2) is 0 Å². The van der Waals surface area contributed by atoms with Gasteiger partial charge in [0.2, 0.25) is 0 Å². The Morgan fingerprint density at radius 2 is 0.600 bits per heavy atom. The molecule has 0 fully saturated rings. The van der Waals surface area contributed by atoms with Gasteiger partial charge in [-0.15, -0.1) is 34.0 Å². The number of hydrogen-bond acceptors (Lipinski definition) is 11. The van der Waals surface area contributed by atoms with E-state index in [0.29, 0.717) is 103 Å². The van der Waals surface area contributed by atoms with Gasteiger partial charge in [0.25, 0.3) is 47.3 Å². The highest BCUT2D eigenvalue weighted by molar-refractivity contribution is 7.40. The van der Waals surface area contributed by atoms with Crippen molar-refractivity contribution in [3.8, 4) is 20.9 Å². The van der Waals surface area contributed by atoms with E-state index in [9.17, 15) is 38.4 Å². The molecule has 0 radical (unpaired) electrons. The first-order valence-electron chi connectivity index (χ1n) is 27.1. The summed E-state index contributed by atoms with van der Waals surface area (Å²) >= 11 is 4.52. The maximum absolute atomic E-state index is 15.0. The monoisotopic (exact) mass is 1060 g/mol. The van der Waals surface area contributed by atoms with Crippen LogP contribution in [0.25, 0.3) is 61.2 Å². The van der Waals surface area contributed by atoms with Gasteiger partial charge in [0.05, 0.1) is 20.5 Å². The van der Waals surface area contributed by atoms with Crippen LogP contribution in [0.2, 0.25) is 0 Å². The molecular formula is C60H60N4O8S3. The van der Waals surface area contributed by atoms with Gasteiger partial charge >= 0.3 is 0 Å². The van der Waals surface area contributed by atoms with Crippen molar-refractivity contribution in [2.45, 2.75) is 130 Å². The third-order valence-electron chi connectivity index (χ3n) is 15.6. The van der Waals surface area contributed by atoms with E-state index in [1.807, 2.05) is 12.1 Å². The minimum atomic E-state index is -0.444. The van der Waals surface area contributed by atoms with Crippen LogP contribution in [0.5, 0.6) is 0 Å². The molecule has 0 saturated heterocycles. The van der Waals surface area contributed by atoms with Crippen molar-refractivity contribution in [1.82, 2.24) is 19.6 Å². The summed E-state index contributed by atoms with van der Waals surface area (Å²) in [4.78, 5) is 123. The highest BCUT2D eigenvalue weighted by Gasteiger charge is 2.44. The summed E-state index contributed by atoms with van der Waals surface area (Å²) in [7, 11) is 0. The molecule has 15 heteroatoms. The molecular weight excluding hydrogens is 1000 g/mol. The fourth-order valence-corrected chi connectivity index (χ4v) is 15.8. The quantitative estimate of drug-likeness (QED) is 0.0481. The molecule has 0 N–H and O–H groups in total. The van der Waals surface area contributed by atoms with E-state index >= 15 is 0 Å². The molecule has 11 rings (SSSR count). The second-order valence-electron chi connectivity index (χ2n) is 20.5. The molecule has 0 aliphatic carbocycles. The van der Waals surface area contributed by atoms with Crippen LogP contribution >= 0.6 is 34.0 Å². The van der Waals surface area contributed by atoms with E-state index in [1.165, 1.54) is 42.3 Å². The fraction of sp³-hybridized carbons (Fsp3) is 0.400. The number of thiophene rings is 3. The number of hydrogen-bond donors (Lipinski definition) is 0. The lowest BCUT2D eigenvalue weighted by Crippen LogP contribution is -2.44. The summed E-state index contributed by atoms with van der Waals surface area (Å²) in [6.07, 6.45) is 14.0. The van der Waals surface area contributed by atoms with Crippen LogP contribution < -0.4 is 0 Å². The first-order valence-corrected chi connectivity index (χ1v) is 29.6. The van der Waals surface area contributed by atoms with Gasteiger partial charge in [0, 0.05) is 111 Å². The number of amides is 8. The van der Waals surface area contributed by atoms with Crippen molar-refractivity contribution in [2.24, 2.45) is 0 Å². The predicted molar refractivity (Wildman–Crippen MR) is 299 cm³/mol. The average Bonchev–Trinajstić information content (AvgIpc) is 4.14. The lowest BCUT2D eigenvalue weighted by Gasteiger charge is -2.33. The molecule has 7 aromatic rings. The smallest absolute Gasteiger partial charge is 0.262 e. The van der Waals surface area contributed by atoms with Crippen LogP contribution in [0.4, 0.5) is 0 Å². The summed E-state index contributed by atoms with van der Waals surface area (Å²) in [6.45, 7) is 9.44. The van der Waals surface area contributed by atoms with Crippen LogP contribution in [0.3, 0.4) is 0 Å². The second kappa shape index (κ2) is 20.6. The minimum absolute atomic E-state index is 0.247. The zero-order valence-corrected chi connectivity index (χ0v) is 45.5. The number of unbranched alkanes of at least 4 members (excludes halogenated alkanes) is 12. The Kier molecular flexibility index (Phi) is 13.9. The third-order valence-corrected chi connectivity index (χ3v) is 19.5. The Labute approximate surface area is 447 Å². The highest BCUT2D eigenvalue weighted by Crippen LogP contribution is 2.52. The number of benzene rings is 4. The molecule has 3 aromatic heterocycles. The fourth-order valence-electron chi connectivity index (χ4n) is 11.7. The zero-order valence-electron chi connectivity index (χ0n) is 43.0. The van der Waals surface area contributed by atoms with Crippen molar-refractivity contribution < 1.29 is 38.4 Å². The van der Waals surface area contributed by atoms with Crippen LogP contribution in [0, 0.1) is 0 Å². The van der Waals surface area contributed by atoms with E-state index in [0.717, 1.165) is 106 Å². The number of fused-ring (bicyclic) bond motifs is 3. The summed E-state index contributed by atoms with van der Waals surface area (Å²) < 4.78 is 3.76. The molecule has 75 heavy (non-hydrogen) atoms. The van der Waals surface area contributed by atoms with Crippen LogP contribution in [0.15, 0.2) is 48.5 Å². The summed E-state index contributed by atoms with van der Waals surface area (Å²) in [5.74, 6) is -3.47. The molecule has 4 aliphatic rings. The van der Waals surface area contributed by atoms with Gasteiger partial charge in [-0.05, 0) is 74.2 Å². The van der Waals surface area contributed by atoms with Gasteiger partial charge in [-0.1, -0.05) is 105 Å². The molecule has 0 bridgehead atoms. The molecule has 12 nitrogen and oxygen atoms in total. The van der Waals surface area contributed by atoms with Crippen LogP contribution in [-0.2, 0) is 0 Å². The number of nitrogens with zero attached hydrogens (tertiary/aromatic N) is 4. The average molecular weight is 1060 g/mol. The number of carbonyl (C=O) groups excluding carboxylic acids is 8. The first kappa shape index (κ1) is 50.7. The Hall–Kier alpha value is -6.42. The van der Waals surface area contributed by atoms with E-state index in [1.54, 1.807) is 47.7 Å². The summed E-state index contributed by atoms with van der Waals surface area (Å²) in [5, 5.41) is 1.41. The van der Waals surface area contributed by atoms with E-state index in [-0.39, 0.29) is 26.2 Å². The summed E-state index contributed by atoms with van der Waals surface area (Å²) in [5.41, 5.74) is 3.49. The minimum Gasteiger partial charge on any atom is -0.274 e. The highest BCUT2D eigenvalue weighted by atomic mass is 32.1. The lowest BCUT2D eigenvalue weighted by atomic mass is 9.83. The van der Waals surface area contributed by atoms with Crippen molar-refractivity contribution in [3.05, 3.63) is 93.0 Å². The van der Waals surface area contributed by atoms with Gasteiger partial charge in [0.1, 0.15) is 0 Å². The molecule has 0 atom stereocenters. The largest absolute Gasteiger partial charge is 0.274 e. The molecule has 0 spiro atoms. The van der Waals surface area contributed by atoms with Gasteiger partial charge < -0.3 is 0 Å². The third kappa shape index (κ3) is 8.26. The zero-order chi connectivity index (χ0) is 52.4. The van der Waals surface area contributed by atoms with Crippen molar-refractivity contribution in [1.29, 1.82) is 0 Å². The standard InChI is InChI=1S/C60H60N4O8S3/c1-5-9-13-17-25-61-53(65)33-21-23-35-47-45(33)39(57(61)69)29-37(49(47)59(71)63(55(35)67)27-19-15-11-7-3)41-31-43-51(74-41)52-44(73-43)32-42(75-52)38-30-40-46-34(54(66)62(58(40)70)26-18-14-10-6-2)22-24-36-48(46)50(38)60(72)64(56(36)68)28-20-16-12-8-4/h21-24,29-32H,5-20,25-28H2,1-4H3. The Balaban J connectivity index is 1.06. The Bertz CT molecular complexity index is 3390. The second-order valence-corrected chi connectivity index (χ2v) is 23.7. The van der Waals surface area contributed by atoms with E-state index in [2.05, 4.69) is 27.7 Å². The number of imide groups is 4. The van der Waals surface area contributed by atoms with Gasteiger partial charge in [0.15, 0.2) is 0 Å². The Morgan fingerprint density at radius 3 is 0.920 bits per heavy atom. The van der Waals surface area contributed by atoms with E-state index < -0.39 is 47.3 Å². The normalized spacial score (nSPS) is 15.3. The number of rotatable bonds is 22. The topological polar surface area (TPSA) is 150 Å². The molecule has 0 unspecified atom stereocenters. The van der Waals surface area contributed by atoms with Crippen LogP contribution in [-0.4, -0.2) is 93.0 Å². The maximum atomic E-state index is 15.0. The van der Waals surface area contributed by atoms with Gasteiger partial charge in [-0.2, -0.15) is 0 Å². The van der Waals surface area contributed by atoms with Crippen molar-refractivity contribution in [3.63, 3.8) is 0 Å². The molecule has 7 heterocycles. The molecule has 0 saturated carbocycles. The summed E-state index contributed by atoms with van der Waals surface area (Å²) in [6, 6.07) is 14.2. The van der Waals surface area contributed by atoms with Crippen LogP contribution in [0.1, 0.15) is 213 Å². The molecule has 4 aliphatic heterocycles. The molecule has 8 amide bonds. The Morgan fingerprint density at radius 1 is 0.307 bits per heavy atom. The van der Waals surface area contributed by atoms with Gasteiger partial charge in [-0.3, -0.25) is 58.0 Å².